The summed E-state index contributed by atoms with van der Waals surface area (Å²) in [5, 5.41) is 15.7. The highest BCUT2D eigenvalue weighted by Gasteiger charge is 2.16. The second-order valence-corrected chi connectivity index (χ2v) is 4.74. The fourth-order valence-corrected chi connectivity index (χ4v) is 2.05. The highest BCUT2D eigenvalue weighted by Crippen LogP contribution is 2.21. The molecular weight excluding hydrogens is 279 g/mol. The molecule has 0 unspecified atom stereocenters. The number of allylic oxidation sites excluding steroid dienone is 1. The summed E-state index contributed by atoms with van der Waals surface area (Å²) in [5.74, 6) is -0.942. The van der Waals surface area contributed by atoms with Crippen molar-refractivity contribution in [3.8, 4) is 0 Å². The van der Waals surface area contributed by atoms with Crippen molar-refractivity contribution in [3.63, 3.8) is 0 Å². The van der Waals surface area contributed by atoms with E-state index in [1.54, 1.807) is 0 Å². The normalized spacial score (nSPS) is 14.4. The van der Waals surface area contributed by atoms with Crippen LogP contribution in [0.1, 0.15) is 12.8 Å². The van der Waals surface area contributed by atoms with Crippen LogP contribution in [-0.4, -0.2) is 29.4 Å². The maximum Gasteiger partial charge on any atom is 0.323 e. The van der Waals surface area contributed by atoms with E-state index in [4.69, 9.17) is 0 Å². The average Bonchev–Trinajstić information content (AvgIpc) is 2.40. The van der Waals surface area contributed by atoms with Gasteiger partial charge in [-0.25, -0.2) is 4.79 Å². The van der Waals surface area contributed by atoms with Gasteiger partial charge in [0.2, 0.25) is 5.82 Å². The zero-order valence-electron chi connectivity index (χ0n) is 11.4. The van der Waals surface area contributed by atoms with Gasteiger partial charge in [0.15, 0.2) is 0 Å². The Morgan fingerprint density at radius 2 is 2.19 bits per heavy atom. The number of carbonyl (C=O) groups is 1. The second kappa shape index (κ2) is 6.21. The van der Waals surface area contributed by atoms with Gasteiger partial charge in [0.1, 0.15) is 0 Å². The lowest BCUT2D eigenvalue weighted by Gasteiger charge is -2.22. The second-order valence-electron chi connectivity index (χ2n) is 4.74. The maximum absolute atomic E-state index is 13.2. The number of hydrogen-bond acceptors (Lipinski definition) is 4. The molecule has 0 saturated heterocycles. The molecule has 0 aliphatic carbocycles. The molecule has 8 heteroatoms. The molecular formula is C13H15FN4O3. The molecule has 0 saturated carbocycles. The van der Waals surface area contributed by atoms with Crippen LogP contribution in [0.2, 0.25) is 0 Å². The van der Waals surface area contributed by atoms with Crippen LogP contribution in [0, 0.1) is 15.9 Å². The molecule has 1 heterocycles. The lowest BCUT2D eigenvalue weighted by Crippen LogP contribution is -2.31. The molecule has 0 fully saturated rings. The van der Waals surface area contributed by atoms with Gasteiger partial charge in [-0.15, -0.1) is 0 Å². The van der Waals surface area contributed by atoms with Crippen molar-refractivity contribution in [1.29, 1.82) is 0 Å². The van der Waals surface area contributed by atoms with Crippen molar-refractivity contribution in [3.05, 3.63) is 46.0 Å². The van der Waals surface area contributed by atoms with E-state index in [2.05, 4.69) is 10.6 Å². The molecule has 0 bridgehead atoms. The summed E-state index contributed by atoms with van der Waals surface area (Å²) in [5.41, 5.74) is 0.243. The predicted octanol–water partition coefficient (Wildman–Crippen LogP) is 2.42. The summed E-state index contributed by atoms with van der Waals surface area (Å²) in [4.78, 5) is 23.6. The van der Waals surface area contributed by atoms with E-state index in [1.165, 1.54) is 6.07 Å². The number of urea groups is 1. The van der Waals surface area contributed by atoms with Gasteiger partial charge in [0, 0.05) is 37.2 Å². The van der Waals surface area contributed by atoms with Gasteiger partial charge in [-0.05, 0) is 25.0 Å². The lowest BCUT2D eigenvalue weighted by molar-refractivity contribution is -0.387. The Balaban J connectivity index is 2.03. The van der Waals surface area contributed by atoms with Crippen LogP contribution in [0.25, 0.3) is 0 Å². The van der Waals surface area contributed by atoms with Crippen molar-refractivity contribution >= 4 is 17.4 Å². The van der Waals surface area contributed by atoms with Crippen LogP contribution < -0.4 is 10.6 Å². The number of anilines is 1. The molecule has 1 aliphatic heterocycles. The third kappa shape index (κ3) is 3.91. The van der Waals surface area contributed by atoms with Crippen LogP contribution >= 0.6 is 0 Å². The number of carbonyl (C=O) groups excluding carboxylic acids is 1. The SMILES string of the molecule is CN1C=C(NC(=O)Nc2ccc(F)c([N+](=O)[O-])c2)CCC1. The number of benzene rings is 1. The molecule has 0 aromatic heterocycles. The number of amides is 2. The van der Waals surface area contributed by atoms with E-state index in [1.807, 2.05) is 18.1 Å². The summed E-state index contributed by atoms with van der Waals surface area (Å²) in [6.07, 6.45) is 3.52. The van der Waals surface area contributed by atoms with Crippen molar-refractivity contribution in [2.45, 2.75) is 12.8 Å². The van der Waals surface area contributed by atoms with Crippen LogP contribution in [0.3, 0.4) is 0 Å². The van der Waals surface area contributed by atoms with E-state index in [9.17, 15) is 19.3 Å². The lowest BCUT2D eigenvalue weighted by atomic mass is 10.2. The molecule has 1 aromatic carbocycles. The number of nitrogens with zero attached hydrogens (tertiary/aromatic N) is 2. The minimum Gasteiger partial charge on any atom is -0.379 e. The minimum atomic E-state index is -0.942. The molecule has 21 heavy (non-hydrogen) atoms. The van der Waals surface area contributed by atoms with Gasteiger partial charge in [-0.3, -0.25) is 10.1 Å². The molecule has 0 atom stereocenters. The zero-order chi connectivity index (χ0) is 15.4. The highest BCUT2D eigenvalue weighted by atomic mass is 19.1. The Hall–Kier alpha value is -2.64. The first-order valence-electron chi connectivity index (χ1n) is 6.38. The molecule has 0 radical (unpaired) electrons. The number of nitro groups is 1. The van der Waals surface area contributed by atoms with Crippen molar-refractivity contribution < 1.29 is 14.1 Å². The summed E-state index contributed by atoms with van der Waals surface area (Å²) in [6, 6.07) is 2.68. The third-order valence-electron chi connectivity index (χ3n) is 3.01. The smallest absolute Gasteiger partial charge is 0.323 e. The van der Waals surface area contributed by atoms with Crippen LogP contribution in [-0.2, 0) is 0 Å². The Bertz CT molecular complexity index is 603. The third-order valence-corrected chi connectivity index (χ3v) is 3.01. The number of nitro benzene ring substituents is 1. The van der Waals surface area contributed by atoms with E-state index < -0.39 is 22.5 Å². The molecule has 2 rings (SSSR count). The quantitative estimate of drug-likeness (QED) is 0.662. The van der Waals surface area contributed by atoms with Gasteiger partial charge in [-0.2, -0.15) is 4.39 Å². The standard InChI is InChI=1S/C13H15FN4O3/c1-17-6-2-3-10(8-17)16-13(19)15-9-4-5-11(14)12(7-9)18(20)21/h4-5,7-8H,2-3,6H2,1H3,(H2,15,16,19). The van der Waals surface area contributed by atoms with Crippen molar-refractivity contribution in [1.82, 2.24) is 10.2 Å². The van der Waals surface area contributed by atoms with Crippen molar-refractivity contribution in [2.24, 2.45) is 0 Å². The van der Waals surface area contributed by atoms with Gasteiger partial charge >= 0.3 is 11.7 Å². The Morgan fingerprint density at radius 1 is 1.43 bits per heavy atom. The van der Waals surface area contributed by atoms with Crippen LogP contribution in [0.4, 0.5) is 20.6 Å². The number of halogens is 1. The molecule has 2 N–H and O–H groups in total. The van der Waals surface area contributed by atoms with Crippen LogP contribution in [0.5, 0.6) is 0 Å². The molecule has 0 spiro atoms. The molecule has 2 amide bonds. The summed E-state index contributed by atoms with van der Waals surface area (Å²) in [7, 11) is 1.90. The first kappa shape index (κ1) is 14.8. The van der Waals surface area contributed by atoms with Gasteiger partial charge in [0.25, 0.3) is 0 Å². The van der Waals surface area contributed by atoms with E-state index >= 15 is 0 Å². The fraction of sp³-hybridized carbons (Fsp3) is 0.308. The maximum atomic E-state index is 13.2. The van der Waals surface area contributed by atoms with Crippen molar-refractivity contribution in [2.75, 3.05) is 18.9 Å². The molecule has 7 nitrogen and oxygen atoms in total. The first-order chi connectivity index (χ1) is 9.95. The number of rotatable bonds is 3. The van der Waals surface area contributed by atoms with Gasteiger partial charge in [0.05, 0.1) is 4.92 Å². The zero-order valence-corrected chi connectivity index (χ0v) is 11.4. The Kier molecular flexibility index (Phi) is 4.36. The predicted molar refractivity (Wildman–Crippen MR) is 75.2 cm³/mol. The molecule has 112 valence electrons. The monoisotopic (exact) mass is 294 g/mol. The Labute approximate surface area is 120 Å². The van der Waals surface area contributed by atoms with E-state index in [-0.39, 0.29) is 5.69 Å². The molecule has 1 aromatic rings. The van der Waals surface area contributed by atoms with Crippen LogP contribution in [0.15, 0.2) is 30.1 Å². The minimum absolute atomic E-state index is 0.158. The summed E-state index contributed by atoms with van der Waals surface area (Å²) < 4.78 is 13.2. The topological polar surface area (TPSA) is 87.5 Å². The average molecular weight is 294 g/mol. The first-order valence-corrected chi connectivity index (χ1v) is 6.38. The Morgan fingerprint density at radius 3 is 2.86 bits per heavy atom. The van der Waals surface area contributed by atoms with Gasteiger partial charge in [-0.1, -0.05) is 0 Å². The fourth-order valence-electron chi connectivity index (χ4n) is 2.05. The van der Waals surface area contributed by atoms with E-state index in [0.717, 1.165) is 37.2 Å². The largest absolute Gasteiger partial charge is 0.379 e. The van der Waals surface area contributed by atoms with Gasteiger partial charge < -0.3 is 15.5 Å². The summed E-state index contributed by atoms with van der Waals surface area (Å²) >= 11 is 0. The van der Waals surface area contributed by atoms with E-state index in [0.29, 0.717) is 0 Å². The highest BCUT2D eigenvalue weighted by molar-refractivity contribution is 5.90. The number of nitrogens with one attached hydrogen (secondary N) is 2. The molecule has 1 aliphatic rings. The number of hydrogen-bond donors (Lipinski definition) is 2. The summed E-state index contributed by atoms with van der Waals surface area (Å²) in [6.45, 7) is 0.928.